The van der Waals surface area contributed by atoms with Gasteiger partial charge in [-0.3, -0.25) is 9.59 Å². The van der Waals surface area contributed by atoms with Gasteiger partial charge in [0.1, 0.15) is 11.4 Å². The van der Waals surface area contributed by atoms with E-state index >= 15 is 0 Å². The quantitative estimate of drug-likeness (QED) is 0.745. The summed E-state index contributed by atoms with van der Waals surface area (Å²) in [5.41, 5.74) is -1.74. The van der Waals surface area contributed by atoms with E-state index in [4.69, 9.17) is 0 Å². The Morgan fingerprint density at radius 2 is 1.88 bits per heavy atom. The molecule has 1 amide bonds. The number of anilines is 1. The zero-order valence-corrected chi connectivity index (χ0v) is 12.9. The molecule has 5 nitrogen and oxygen atoms in total. The molecule has 0 saturated carbocycles. The monoisotopic (exact) mass is 347 g/mol. The summed E-state index contributed by atoms with van der Waals surface area (Å²) in [7, 11) is 0. The van der Waals surface area contributed by atoms with Gasteiger partial charge in [0.2, 0.25) is 5.43 Å². The molecule has 0 fully saturated rings. The first kappa shape index (κ1) is 16.7. The molecule has 1 aromatic carbocycles. The summed E-state index contributed by atoms with van der Waals surface area (Å²) in [6, 6.07) is 8.20. The topological polar surface area (TPSA) is 74.8 Å². The second kappa shape index (κ2) is 6.04. The summed E-state index contributed by atoms with van der Waals surface area (Å²) in [5.74, 6) is -0.507. The number of pyridine rings is 2. The summed E-state index contributed by atoms with van der Waals surface area (Å²) in [6.45, 7) is 1.73. The Kier molecular flexibility index (Phi) is 4.03. The Bertz CT molecular complexity index is 1030. The molecule has 2 N–H and O–H groups in total. The molecule has 0 aliphatic carbocycles. The first-order valence-electron chi connectivity index (χ1n) is 7.24. The third-order valence-corrected chi connectivity index (χ3v) is 3.59. The van der Waals surface area contributed by atoms with Gasteiger partial charge in [-0.05, 0) is 31.2 Å². The summed E-state index contributed by atoms with van der Waals surface area (Å²) in [4.78, 5) is 31.2. The van der Waals surface area contributed by atoms with Gasteiger partial charge in [0.15, 0.2) is 0 Å². The zero-order chi connectivity index (χ0) is 18.2. The summed E-state index contributed by atoms with van der Waals surface area (Å²) in [5, 5.41) is 2.25. The molecule has 25 heavy (non-hydrogen) atoms. The molecule has 0 radical (unpaired) electrons. The zero-order valence-electron chi connectivity index (χ0n) is 12.9. The predicted molar refractivity (Wildman–Crippen MR) is 86.5 cm³/mol. The molecule has 8 heteroatoms. The lowest BCUT2D eigenvalue weighted by molar-refractivity contribution is -0.136. The molecule has 0 aliphatic rings. The number of fused-ring (bicyclic) bond motifs is 1. The number of carbonyl (C=O) groups excluding carboxylic acids is 1. The number of amides is 1. The Morgan fingerprint density at radius 1 is 1.16 bits per heavy atom. The minimum Gasteiger partial charge on any atom is -0.360 e. The average molecular weight is 347 g/mol. The maximum Gasteiger partial charge on any atom is 0.418 e. The fourth-order valence-electron chi connectivity index (χ4n) is 2.45. The summed E-state index contributed by atoms with van der Waals surface area (Å²) >= 11 is 0. The number of hydrogen-bond donors (Lipinski definition) is 2. The second-order valence-electron chi connectivity index (χ2n) is 5.38. The number of alkyl halides is 3. The van der Waals surface area contributed by atoms with Crippen LogP contribution in [0.3, 0.4) is 0 Å². The molecule has 0 saturated heterocycles. The molecule has 0 spiro atoms. The number of nitrogens with zero attached hydrogens (tertiary/aromatic N) is 1. The van der Waals surface area contributed by atoms with Crippen LogP contribution in [0.1, 0.15) is 21.6 Å². The van der Waals surface area contributed by atoms with Crippen molar-refractivity contribution in [2.24, 2.45) is 0 Å². The molecule has 128 valence electrons. The van der Waals surface area contributed by atoms with Gasteiger partial charge in [-0.2, -0.15) is 13.2 Å². The van der Waals surface area contributed by atoms with E-state index in [0.717, 1.165) is 18.3 Å². The molecule has 0 atom stereocenters. The SMILES string of the molecule is Cc1cccc(NC(=O)c2c[nH]c3c(C(F)(F)F)cccc3c2=O)n1. The fraction of sp³-hybridized carbons (Fsp3) is 0.118. The molecular weight excluding hydrogens is 335 g/mol. The van der Waals surface area contributed by atoms with Crippen LogP contribution >= 0.6 is 0 Å². The number of carbonyl (C=O) groups is 1. The number of para-hydroxylation sites is 1. The molecule has 2 aromatic heterocycles. The number of halogens is 3. The highest BCUT2D eigenvalue weighted by Gasteiger charge is 2.33. The summed E-state index contributed by atoms with van der Waals surface area (Å²) in [6.07, 6.45) is -3.64. The van der Waals surface area contributed by atoms with E-state index in [0.29, 0.717) is 5.69 Å². The van der Waals surface area contributed by atoms with Crippen molar-refractivity contribution in [1.29, 1.82) is 0 Å². The molecule has 3 aromatic rings. The van der Waals surface area contributed by atoms with Crippen LogP contribution in [0, 0.1) is 6.92 Å². The number of aryl methyl sites for hydroxylation is 1. The van der Waals surface area contributed by atoms with Crippen molar-refractivity contribution in [1.82, 2.24) is 9.97 Å². The summed E-state index contributed by atoms with van der Waals surface area (Å²) < 4.78 is 39.1. The van der Waals surface area contributed by atoms with Crippen molar-refractivity contribution in [2.75, 3.05) is 5.32 Å². The highest BCUT2D eigenvalue weighted by atomic mass is 19.4. The van der Waals surface area contributed by atoms with Crippen LogP contribution in [-0.2, 0) is 6.18 Å². The Morgan fingerprint density at radius 3 is 2.56 bits per heavy atom. The number of benzene rings is 1. The third-order valence-electron chi connectivity index (χ3n) is 3.59. The van der Waals surface area contributed by atoms with Crippen molar-refractivity contribution in [3.63, 3.8) is 0 Å². The van der Waals surface area contributed by atoms with Gasteiger partial charge in [-0.25, -0.2) is 4.98 Å². The smallest absolute Gasteiger partial charge is 0.360 e. The van der Waals surface area contributed by atoms with Gasteiger partial charge < -0.3 is 10.3 Å². The number of aromatic nitrogens is 2. The first-order valence-corrected chi connectivity index (χ1v) is 7.24. The van der Waals surface area contributed by atoms with E-state index in [-0.39, 0.29) is 22.3 Å². The van der Waals surface area contributed by atoms with Crippen LogP contribution in [0.2, 0.25) is 0 Å². The lowest BCUT2D eigenvalue weighted by Crippen LogP contribution is -2.23. The maximum absolute atomic E-state index is 13.0. The van der Waals surface area contributed by atoms with E-state index in [1.165, 1.54) is 6.07 Å². The van der Waals surface area contributed by atoms with Gasteiger partial charge in [0.25, 0.3) is 5.91 Å². The molecule has 0 bridgehead atoms. The number of aromatic amines is 1. The number of rotatable bonds is 2. The van der Waals surface area contributed by atoms with Crippen molar-refractivity contribution in [2.45, 2.75) is 13.1 Å². The normalized spacial score (nSPS) is 11.5. The minimum atomic E-state index is -4.61. The lowest BCUT2D eigenvalue weighted by atomic mass is 10.1. The van der Waals surface area contributed by atoms with E-state index in [1.807, 2.05) is 0 Å². The largest absolute Gasteiger partial charge is 0.418 e. The van der Waals surface area contributed by atoms with Crippen LogP contribution < -0.4 is 10.7 Å². The van der Waals surface area contributed by atoms with Crippen LogP contribution in [-0.4, -0.2) is 15.9 Å². The molecule has 0 aliphatic heterocycles. The Labute approximate surface area is 139 Å². The van der Waals surface area contributed by atoms with Gasteiger partial charge in [-0.15, -0.1) is 0 Å². The van der Waals surface area contributed by atoms with Crippen LogP contribution in [0.15, 0.2) is 47.4 Å². The molecule has 0 unspecified atom stereocenters. The van der Waals surface area contributed by atoms with Gasteiger partial charge in [-0.1, -0.05) is 12.1 Å². The fourth-order valence-corrected chi connectivity index (χ4v) is 2.45. The van der Waals surface area contributed by atoms with E-state index in [1.54, 1.807) is 25.1 Å². The Balaban J connectivity index is 2.05. The minimum absolute atomic E-state index is 0.209. The molecule has 2 heterocycles. The van der Waals surface area contributed by atoms with E-state index in [9.17, 15) is 22.8 Å². The van der Waals surface area contributed by atoms with Crippen molar-refractivity contribution >= 4 is 22.6 Å². The first-order chi connectivity index (χ1) is 11.8. The number of H-pyrrole nitrogens is 1. The van der Waals surface area contributed by atoms with Crippen LogP contribution in [0.5, 0.6) is 0 Å². The van der Waals surface area contributed by atoms with Gasteiger partial charge in [0, 0.05) is 17.3 Å². The highest BCUT2D eigenvalue weighted by molar-refractivity contribution is 6.05. The molecule has 3 rings (SSSR count). The second-order valence-corrected chi connectivity index (χ2v) is 5.38. The highest BCUT2D eigenvalue weighted by Crippen LogP contribution is 2.32. The van der Waals surface area contributed by atoms with E-state index in [2.05, 4.69) is 15.3 Å². The van der Waals surface area contributed by atoms with Crippen molar-refractivity contribution < 1.29 is 18.0 Å². The third kappa shape index (κ3) is 3.23. The van der Waals surface area contributed by atoms with Crippen molar-refractivity contribution in [3.05, 3.63) is 69.6 Å². The van der Waals surface area contributed by atoms with E-state index < -0.39 is 23.1 Å². The molecular formula is C17H12F3N3O2. The van der Waals surface area contributed by atoms with Crippen LogP contribution in [0.4, 0.5) is 19.0 Å². The lowest BCUT2D eigenvalue weighted by Gasteiger charge is -2.11. The Hall–Kier alpha value is -3.16. The standard InChI is InChI=1S/C17H12F3N3O2/c1-9-4-2-7-13(22-9)23-16(25)11-8-21-14-10(15(11)24)5-3-6-12(14)17(18,19)20/h2-8H,1H3,(H,21,24)(H,22,23,25). The van der Waals surface area contributed by atoms with Crippen molar-refractivity contribution in [3.8, 4) is 0 Å². The number of hydrogen-bond acceptors (Lipinski definition) is 3. The van der Waals surface area contributed by atoms with Crippen LogP contribution in [0.25, 0.3) is 10.9 Å². The predicted octanol–water partition coefficient (Wildman–Crippen LogP) is 3.50. The number of nitrogens with one attached hydrogen (secondary N) is 2. The average Bonchev–Trinajstić information content (AvgIpc) is 2.54. The maximum atomic E-state index is 13.0. The van der Waals surface area contributed by atoms with Gasteiger partial charge >= 0.3 is 6.18 Å². The van der Waals surface area contributed by atoms with Gasteiger partial charge in [0.05, 0.1) is 11.1 Å².